The molecule has 6 nitrogen and oxygen atoms in total. The number of carbonyl (C=O) groups is 3. The molecule has 1 N–H and O–H groups in total. The van der Waals surface area contributed by atoms with Crippen molar-refractivity contribution in [3.63, 3.8) is 0 Å². The van der Waals surface area contributed by atoms with Crippen LogP contribution in [-0.2, 0) is 33.8 Å². The minimum Gasteiger partial charge on any atom is -0.460 e. The molecule has 3 aromatic carbocycles. The van der Waals surface area contributed by atoms with Crippen LogP contribution in [0.2, 0.25) is 0 Å². The lowest BCUT2D eigenvalue weighted by atomic mass is 9.85. The number of benzene rings is 3. The van der Waals surface area contributed by atoms with E-state index < -0.39 is 40.8 Å². The molecule has 0 aromatic heterocycles. The molecular formula is C35H36F4N2O4. The number of amides is 2. The van der Waals surface area contributed by atoms with E-state index >= 15 is 0 Å². The molecule has 1 heterocycles. The molecule has 0 bridgehead atoms. The summed E-state index contributed by atoms with van der Waals surface area (Å²) >= 11 is 0. The quantitative estimate of drug-likeness (QED) is 0.197. The van der Waals surface area contributed by atoms with Gasteiger partial charge in [0.05, 0.1) is 23.8 Å². The average molecular weight is 625 g/mol. The van der Waals surface area contributed by atoms with Gasteiger partial charge in [-0.1, -0.05) is 49.4 Å². The fourth-order valence-electron chi connectivity index (χ4n) is 5.75. The number of esters is 1. The third kappa shape index (κ3) is 7.21. The predicted octanol–water partition coefficient (Wildman–Crippen LogP) is 7.57. The third-order valence-corrected chi connectivity index (χ3v) is 8.42. The lowest BCUT2D eigenvalue weighted by Crippen LogP contribution is -2.34. The molecule has 1 saturated carbocycles. The number of carbonyl (C=O) groups excluding carboxylic acids is 3. The molecule has 2 amide bonds. The van der Waals surface area contributed by atoms with Crippen LogP contribution in [0.25, 0.3) is 0 Å². The van der Waals surface area contributed by atoms with Crippen molar-refractivity contribution in [2.75, 3.05) is 5.32 Å². The van der Waals surface area contributed by atoms with Gasteiger partial charge in [0.15, 0.2) is 0 Å². The molecule has 45 heavy (non-hydrogen) atoms. The van der Waals surface area contributed by atoms with Gasteiger partial charge in [0.1, 0.15) is 11.4 Å². The number of nitrogens with zero attached hydrogens (tertiary/aromatic N) is 1. The maximum Gasteiger partial charge on any atom is 0.392 e. The molecule has 1 aliphatic carbocycles. The number of anilines is 1. The molecule has 3 aromatic rings. The largest absolute Gasteiger partial charge is 0.460 e. The molecule has 10 heteroatoms. The van der Waals surface area contributed by atoms with Gasteiger partial charge in [-0.05, 0) is 81.0 Å². The van der Waals surface area contributed by atoms with Crippen molar-refractivity contribution >= 4 is 23.5 Å². The molecular weight excluding hydrogens is 588 g/mol. The summed E-state index contributed by atoms with van der Waals surface area (Å²) in [5.41, 5.74) is 1.24. The van der Waals surface area contributed by atoms with Crippen LogP contribution in [0.15, 0.2) is 66.7 Å². The first-order chi connectivity index (χ1) is 21.1. The Balaban J connectivity index is 1.30. The number of fused-ring (bicyclic) bond motifs is 1. The minimum atomic E-state index is -4.65. The monoisotopic (exact) mass is 624 g/mol. The lowest BCUT2D eigenvalue weighted by molar-refractivity contribution is -0.178. The molecule has 1 aliphatic heterocycles. The zero-order valence-corrected chi connectivity index (χ0v) is 25.6. The van der Waals surface area contributed by atoms with Gasteiger partial charge in [-0.15, -0.1) is 0 Å². The van der Waals surface area contributed by atoms with E-state index in [9.17, 15) is 31.9 Å². The highest BCUT2D eigenvalue weighted by Crippen LogP contribution is 2.50. The topological polar surface area (TPSA) is 75.7 Å². The number of rotatable bonds is 9. The highest BCUT2D eigenvalue weighted by molar-refractivity contribution is 5.98. The van der Waals surface area contributed by atoms with E-state index in [1.807, 2.05) is 6.07 Å². The fraction of sp³-hybridized carbons (Fsp3) is 0.400. The van der Waals surface area contributed by atoms with Crippen LogP contribution in [0, 0.1) is 17.2 Å². The summed E-state index contributed by atoms with van der Waals surface area (Å²) in [5.74, 6) is -5.43. The Kier molecular flexibility index (Phi) is 8.55. The van der Waals surface area contributed by atoms with Crippen molar-refractivity contribution in [3.05, 3.63) is 100 Å². The van der Waals surface area contributed by atoms with Crippen molar-refractivity contribution in [1.29, 1.82) is 0 Å². The Bertz CT molecular complexity index is 1610. The smallest absolute Gasteiger partial charge is 0.392 e. The van der Waals surface area contributed by atoms with Crippen molar-refractivity contribution in [1.82, 2.24) is 4.90 Å². The van der Waals surface area contributed by atoms with E-state index in [0.29, 0.717) is 41.6 Å². The van der Waals surface area contributed by atoms with E-state index in [2.05, 4.69) is 5.32 Å². The van der Waals surface area contributed by atoms with Crippen molar-refractivity contribution in [2.24, 2.45) is 11.3 Å². The van der Waals surface area contributed by atoms with E-state index in [-0.39, 0.29) is 30.5 Å². The number of halogens is 4. The highest BCUT2D eigenvalue weighted by atomic mass is 19.4. The predicted molar refractivity (Wildman–Crippen MR) is 161 cm³/mol. The molecule has 2 aliphatic rings. The maximum absolute atomic E-state index is 14.2. The van der Waals surface area contributed by atoms with Crippen LogP contribution in [0.4, 0.5) is 23.2 Å². The Morgan fingerprint density at radius 2 is 1.64 bits per heavy atom. The second-order valence-electron chi connectivity index (χ2n) is 13.1. The van der Waals surface area contributed by atoms with Gasteiger partial charge < -0.3 is 15.0 Å². The maximum atomic E-state index is 14.2. The van der Waals surface area contributed by atoms with E-state index in [4.69, 9.17) is 4.74 Å². The summed E-state index contributed by atoms with van der Waals surface area (Å²) in [6.07, 6.45) is -2.90. The first-order valence-corrected chi connectivity index (χ1v) is 14.9. The summed E-state index contributed by atoms with van der Waals surface area (Å²) in [6.45, 7) is 6.62. The van der Waals surface area contributed by atoms with Gasteiger partial charge >= 0.3 is 12.1 Å². The van der Waals surface area contributed by atoms with Gasteiger partial charge in [0, 0.05) is 23.4 Å². The summed E-state index contributed by atoms with van der Waals surface area (Å²) in [7, 11) is 0. The first-order valence-electron chi connectivity index (χ1n) is 14.9. The molecule has 0 unspecified atom stereocenters. The summed E-state index contributed by atoms with van der Waals surface area (Å²) in [5, 5.41) is 2.66. The fourth-order valence-corrected chi connectivity index (χ4v) is 5.75. The standard InChI is InChI=1S/C35H36F4N2O4/c1-21(35(37,38)39)29(24-13-11-22(12-14-24)19-41-20-27-26(31(41)43)9-6-10-28(27)36)30(42)40-25-8-5-7-23(17-25)18-34(15-16-34)32(44)45-33(2,3)4/h5-14,17,21,29H,15-16,18-20H2,1-4H3,(H,40,42)/t21-,29+/m0/s1. The van der Waals surface area contributed by atoms with Gasteiger partial charge in [-0.3, -0.25) is 14.4 Å². The Labute approximate surface area is 259 Å². The van der Waals surface area contributed by atoms with E-state index in [1.165, 1.54) is 29.2 Å². The van der Waals surface area contributed by atoms with Crippen LogP contribution in [0.1, 0.15) is 79.1 Å². The zero-order valence-electron chi connectivity index (χ0n) is 25.6. The lowest BCUT2D eigenvalue weighted by Gasteiger charge is -2.26. The van der Waals surface area contributed by atoms with Crippen LogP contribution < -0.4 is 5.32 Å². The molecule has 5 rings (SSSR count). The SMILES string of the molecule is C[C@@H]([C@@H](C(=O)Nc1cccc(CC2(C(=O)OC(C)(C)C)CC2)c1)c1ccc(CN2Cc3c(F)cccc3C2=O)cc1)C(F)(F)F. The highest BCUT2D eigenvalue weighted by Gasteiger charge is 2.52. The van der Waals surface area contributed by atoms with Crippen LogP contribution in [0.3, 0.4) is 0 Å². The summed E-state index contributed by atoms with van der Waals surface area (Å²) in [4.78, 5) is 40.5. The van der Waals surface area contributed by atoms with Crippen molar-refractivity contribution in [2.45, 2.75) is 77.7 Å². The molecule has 0 saturated heterocycles. The third-order valence-electron chi connectivity index (χ3n) is 8.42. The van der Waals surface area contributed by atoms with E-state index in [0.717, 1.165) is 12.5 Å². The minimum absolute atomic E-state index is 0.0939. The van der Waals surface area contributed by atoms with E-state index in [1.54, 1.807) is 57.2 Å². The first kappa shape index (κ1) is 32.2. The molecule has 2 atom stereocenters. The molecule has 1 fully saturated rings. The number of nitrogens with one attached hydrogen (secondary N) is 1. The second-order valence-corrected chi connectivity index (χ2v) is 13.1. The molecule has 0 radical (unpaired) electrons. The number of hydrogen-bond donors (Lipinski definition) is 1. The Hall–Kier alpha value is -4.21. The summed E-state index contributed by atoms with van der Waals surface area (Å²) in [6, 6.07) is 17.2. The van der Waals surface area contributed by atoms with Gasteiger partial charge in [-0.2, -0.15) is 13.2 Å². The normalized spacial score (nSPS) is 17.0. The zero-order chi connectivity index (χ0) is 32.7. The molecule has 238 valence electrons. The van der Waals surface area contributed by atoms with Gasteiger partial charge in [0.2, 0.25) is 5.91 Å². The number of hydrogen-bond acceptors (Lipinski definition) is 4. The van der Waals surface area contributed by atoms with Crippen LogP contribution >= 0.6 is 0 Å². The van der Waals surface area contributed by atoms with Crippen LogP contribution in [-0.4, -0.2) is 34.5 Å². The Morgan fingerprint density at radius 1 is 0.978 bits per heavy atom. The number of ether oxygens (including phenoxy) is 1. The summed E-state index contributed by atoms with van der Waals surface area (Å²) < 4.78 is 61.7. The number of alkyl halides is 3. The van der Waals surface area contributed by atoms with Crippen molar-refractivity contribution in [3.8, 4) is 0 Å². The van der Waals surface area contributed by atoms with Gasteiger partial charge in [0.25, 0.3) is 5.91 Å². The average Bonchev–Trinajstić information content (AvgIpc) is 3.66. The van der Waals surface area contributed by atoms with Crippen molar-refractivity contribution < 1.29 is 36.7 Å². The second kappa shape index (κ2) is 11.9. The van der Waals surface area contributed by atoms with Gasteiger partial charge in [-0.25, -0.2) is 4.39 Å². The Morgan fingerprint density at radius 3 is 2.24 bits per heavy atom. The van der Waals surface area contributed by atoms with Crippen LogP contribution in [0.5, 0.6) is 0 Å². The molecule has 0 spiro atoms.